The largest absolute Gasteiger partial charge is 0.465 e. The molecule has 2 aromatic carbocycles. The average molecular weight is 328 g/mol. The fourth-order valence-corrected chi connectivity index (χ4v) is 2.19. The minimum atomic E-state index is -0.746. The van der Waals surface area contributed by atoms with E-state index in [1.54, 1.807) is 6.92 Å². The van der Waals surface area contributed by atoms with Crippen LogP contribution in [0.4, 0.5) is 5.69 Å². The summed E-state index contributed by atoms with van der Waals surface area (Å²) >= 11 is 0. The van der Waals surface area contributed by atoms with Crippen molar-refractivity contribution in [3.05, 3.63) is 75.3 Å². The Morgan fingerprint density at radius 1 is 1.12 bits per heavy atom. The Morgan fingerprint density at radius 3 is 2.33 bits per heavy atom. The number of hydrogen-bond acceptors (Lipinski definition) is 5. The number of nitrogens with zero attached hydrogens (tertiary/aromatic N) is 1. The van der Waals surface area contributed by atoms with E-state index in [9.17, 15) is 19.7 Å². The number of nitrogens with one attached hydrogen (secondary N) is 1. The molecule has 7 heteroatoms. The number of non-ortho nitro benzene ring substituents is 1. The number of benzene rings is 2. The van der Waals surface area contributed by atoms with Gasteiger partial charge in [0.15, 0.2) is 0 Å². The van der Waals surface area contributed by atoms with Gasteiger partial charge in [0.1, 0.15) is 0 Å². The lowest BCUT2D eigenvalue weighted by molar-refractivity contribution is -0.384. The third kappa shape index (κ3) is 3.95. The van der Waals surface area contributed by atoms with Crippen molar-refractivity contribution in [3.8, 4) is 0 Å². The number of carbonyl (C=O) groups excluding carboxylic acids is 2. The Morgan fingerprint density at radius 2 is 1.75 bits per heavy atom. The number of nitro groups is 1. The quantitative estimate of drug-likeness (QED) is 0.517. The fourth-order valence-electron chi connectivity index (χ4n) is 2.19. The molecule has 2 aromatic rings. The molecule has 1 unspecified atom stereocenters. The minimum absolute atomic E-state index is 0.0207. The van der Waals surface area contributed by atoms with E-state index in [2.05, 4.69) is 10.1 Å². The molecule has 7 nitrogen and oxygen atoms in total. The second kappa shape index (κ2) is 7.36. The van der Waals surface area contributed by atoms with Gasteiger partial charge in [-0.05, 0) is 18.6 Å². The van der Waals surface area contributed by atoms with E-state index in [-0.39, 0.29) is 22.9 Å². The van der Waals surface area contributed by atoms with Gasteiger partial charge in [-0.15, -0.1) is 0 Å². The first kappa shape index (κ1) is 17.1. The number of carbonyl (C=O) groups is 2. The van der Waals surface area contributed by atoms with E-state index in [0.717, 1.165) is 17.7 Å². The van der Waals surface area contributed by atoms with Crippen molar-refractivity contribution in [1.29, 1.82) is 0 Å². The Labute approximate surface area is 138 Å². The average Bonchev–Trinajstić information content (AvgIpc) is 2.61. The third-order valence-electron chi connectivity index (χ3n) is 3.46. The predicted molar refractivity (Wildman–Crippen MR) is 86.8 cm³/mol. The lowest BCUT2D eigenvalue weighted by Crippen LogP contribution is -2.27. The van der Waals surface area contributed by atoms with E-state index < -0.39 is 16.8 Å². The van der Waals surface area contributed by atoms with Crippen molar-refractivity contribution < 1.29 is 19.2 Å². The zero-order valence-corrected chi connectivity index (χ0v) is 13.2. The van der Waals surface area contributed by atoms with Crippen molar-refractivity contribution in [3.63, 3.8) is 0 Å². The molecule has 2 rings (SSSR count). The van der Waals surface area contributed by atoms with E-state index in [1.807, 2.05) is 30.3 Å². The molecule has 1 atom stereocenters. The number of esters is 1. The van der Waals surface area contributed by atoms with Gasteiger partial charge in [-0.25, -0.2) is 4.79 Å². The second-order valence-corrected chi connectivity index (χ2v) is 5.12. The molecule has 0 aliphatic carbocycles. The first-order chi connectivity index (χ1) is 11.4. The van der Waals surface area contributed by atoms with Crippen LogP contribution < -0.4 is 5.32 Å². The number of methoxy groups -OCH3 is 1. The molecule has 0 aromatic heterocycles. The Kier molecular flexibility index (Phi) is 5.26. The molecule has 0 spiro atoms. The molecule has 1 amide bonds. The van der Waals surface area contributed by atoms with Crippen molar-refractivity contribution in [2.45, 2.75) is 13.0 Å². The predicted octanol–water partition coefficient (Wildman–Crippen LogP) is 2.87. The summed E-state index contributed by atoms with van der Waals surface area (Å²) in [5, 5.41) is 13.8. The highest BCUT2D eigenvalue weighted by molar-refractivity contribution is 5.99. The van der Waals surface area contributed by atoms with Crippen LogP contribution in [0.5, 0.6) is 0 Å². The number of nitro benzene ring substituents is 1. The molecule has 0 aliphatic rings. The summed E-state index contributed by atoms with van der Waals surface area (Å²) in [6.07, 6.45) is 0. The molecule has 0 fully saturated rings. The lowest BCUT2D eigenvalue weighted by Gasteiger charge is -2.14. The second-order valence-electron chi connectivity index (χ2n) is 5.12. The van der Waals surface area contributed by atoms with Crippen LogP contribution in [-0.2, 0) is 4.74 Å². The van der Waals surface area contributed by atoms with Gasteiger partial charge in [0.2, 0.25) is 0 Å². The standard InChI is InChI=1S/C17H16N2O5/c1-11(12-6-4-3-5-7-12)18-16(20)13-8-14(17(21)24-2)10-15(9-13)19(22)23/h3-11H,1-2H3,(H,18,20). The maximum absolute atomic E-state index is 12.4. The summed E-state index contributed by atoms with van der Waals surface area (Å²) in [6, 6.07) is 12.5. The molecule has 1 N–H and O–H groups in total. The van der Waals surface area contributed by atoms with Gasteiger partial charge >= 0.3 is 5.97 Å². The summed E-state index contributed by atoms with van der Waals surface area (Å²) in [5.74, 6) is -1.26. The van der Waals surface area contributed by atoms with Crippen LogP contribution in [0.25, 0.3) is 0 Å². The zero-order chi connectivity index (χ0) is 17.7. The molecule has 0 heterocycles. The van der Waals surface area contributed by atoms with Crippen LogP contribution >= 0.6 is 0 Å². The van der Waals surface area contributed by atoms with Crippen LogP contribution in [-0.4, -0.2) is 23.9 Å². The van der Waals surface area contributed by atoms with Crippen LogP contribution in [0.3, 0.4) is 0 Å². The van der Waals surface area contributed by atoms with Gasteiger partial charge in [0.05, 0.1) is 23.6 Å². The topological polar surface area (TPSA) is 98.5 Å². The fraction of sp³-hybridized carbons (Fsp3) is 0.176. The molecule has 24 heavy (non-hydrogen) atoms. The van der Waals surface area contributed by atoms with Crippen LogP contribution in [0.2, 0.25) is 0 Å². The normalized spacial score (nSPS) is 11.4. The van der Waals surface area contributed by atoms with Crippen molar-refractivity contribution >= 4 is 17.6 Å². The number of ether oxygens (including phenoxy) is 1. The summed E-state index contributed by atoms with van der Waals surface area (Å²) in [4.78, 5) is 34.4. The van der Waals surface area contributed by atoms with Crippen LogP contribution in [0.1, 0.15) is 39.2 Å². The molecule has 0 saturated carbocycles. The van der Waals surface area contributed by atoms with E-state index >= 15 is 0 Å². The highest BCUT2D eigenvalue weighted by Crippen LogP contribution is 2.19. The maximum Gasteiger partial charge on any atom is 0.338 e. The Balaban J connectivity index is 2.29. The summed E-state index contributed by atoms with van der Waals surface area (Å²) in [6.45, 7) is 1.80. The maximum atomic E-state index is 12.4. The monoisotopic (exact) mass is 328 g/mol. The van der Waals surface area contributed by atoms with Crippen molar-refractivity contribution in [2.24, 2.45) is 0 Å². The molecule has 0 radical (unpaired) electrons. The smallest absolute Gasteiger partial charge is 0.338 e. The van der Waals surface area contributed by atoms with E-state index in [0.29, 0.717) is 0 Å². The minimum Gasteiger partial charge on any atom is -0.465 e. The van der Waals surface area contributed by atoms with Gasteiger partial charge in [0, 0.05) is 17.7 Å². The van der Waals surface area contributed by atoms with E-state index in [4.69, 9.17) is 0 Å². The van der Waals surface area contributed by atoms with Crippen molar-refractivity contribution in [1.82, 2.24) is 5.32 Å². The first-order valence-electron chi connectivity index (χ1n) is 7.16. The first-order valence-corrected chi connectivity index (χ1v) is 7.16. The van der Waals surface area contributed by atoms with Gasteiger partial charge in [-0.3, -0.25) is 14.9 Å². The van der Waals surface area contributed by atoms with Crippen molar-refractivity contribution in [2.75, 3.05) is 7.11 Å². The molecular formula is C17H16N2O5. The van der Waals surface area contributed by atoms with Crippen LogP contribution in [0.15, 0.2) is 48.5 Å². The van der Waals surface area contributed by atoms with Gasteiger partial charge < -0.3 is 10.1 Å². The van der Waals surface area contributed by atoms with Gasteiger partial charge in [-0.2, -0.15) is 0 Å². The molecule has 0 saturated heterocycles. The Bertz CT molecular complexity index is 774. The molecule has 124 valence electrons. The highest BCUT2D eigenvalue weighted by Gasteiger charge is 2.19. The summed E-state index contributed by atoms with van der Waals surface area (Å²) in [5.41, 5.74) is 0.511. The number of hydrogen-bond donors (Lipinski definition) is 1. The number of rotatable bonds is 5. The van der Waals surface area contributed by atoms with E-state index in [1.165, 1.54) is 13.2 Å². The summed E-state index contributed by atoms with van der Waals surface area (Å²) in [7, 11) is 1.17. The third-order valence-corrected chi connectivity index (χ3v) is 3.46. The summed E-state index contributed by atoms with van der Waals surface area (Å²) < 4.78 is 4.56. The zero-order valence-electron chi connectivity index (χ0n) is 13.2. The molecular weight excluding hydrogens is 312 g/mol. The SMILES string of the molecule is COC(=O)c1cc(C(=O)NC(C)c2ccccc2)cc([N+](=O)[O-])c1. The molecule has 0 aliphatic heterocycles. The van der Waals surface area contributed by atoms with Crippen LogP contribution in [0, 0.1) is 10.1 Å². The highest BCUT2D eigenvalue weighted by atomic mass is 16.6. The van der Waals surface area contributed by atoms with Gasteiger partial charge in [0.25, 0.3) is 11.6 Å². The number of amides is 1. The lowest BCUT2D eigenvalue weighted by atomic mass is 10.1. The molecule has 0 bridgehead atoms. The Hall–Kier alpha value is -3.22. The van der Waals surface area contributed by atoms with Gasteiger partial charge in [-0.1, -0.05) is 30.3 Å².